The number of hydrogen-bond donors (Lipinski definition) is 1. The zero-order valence-electron chi connectivity index (χ0n) is 17.6. The summed E-state index contributed by atoms with van der Waals surface area (Å²) in [5, 5.41) is 7.87. The van der Waals surface area contributed by atoms with Gasteiger partial charge in [0, 0.05) is 50.8 Å². The van der Waals surface area contributed by atoms with Crippen LogP contribution in [0.1, 0.15) is 31.0 Å². The van der Waals surface area contributed by atoms with E-state index in [1.165, 1.54) is 5.56 Å². The van der Waals surface area contributed by atoms with Gasteiger partial charge in [-0.05, 0) is 32.7 Å². The smallest absolute Gasteiger partial charge is 0.354 e. The highest BCUT2D eigenvalue weighted by Crippen LogP contribution is 2.40. The van der Waals surface area contributed by atoms with Gasteiger partial charge in [0.2, 0.25) is 5.91 Å². The number of nitrogens with zero attached hydrogens (tertiary/aromatic N) is 5. The third kappa shape index (κ3) is 3.54. The minimum Gasteiger partial charge on any atom is -0.354 e. The van der Waals surface area contributed by atoms with Gasteiger partial charge < -0.3 is 15.1 Å². The topological polar surface area (TPSA) is 65.8 Å². The molecule has 5 heterocycles. The fourth-order valence-corrected chi connectivity index (χ4v) is 5.21. The molecule has 2 aromatic rings. The number of alkyl halides is 3. The molecule has 7 nitrogen and oxygen atoms in total. The summed E-state index contributed by atoms with van der Waals surface area (Å²) in [5.41, 5.74) is 2.44. The number of halogens is 3. The molecule has 0 spiro atoms. The number of carbonyl (C=O) groups excluding carboxylic acids is 1. The predicted molar refractivity (Wildman–Crippen MR) is 109 cm³/mol. The van der Waals surface area contributed by atoms with Crippen LogP contribution in [-0.4, -0.2) is 70.8 Å². The largest absolute Gasteiger partial charge is 0.391 e. The second-order valence-corrected chi connectivity index (χ2v) is 9.24. The van der Waals surface area contributed by atoms with Gasteiger partial charge in [-0.3, -0.25) is 4.79 Å². The Hall–Kier alpha value is -2.36. The van der Waals surface area contributed by atoms with E-state index < -0.39 is 17.5 Å². The fourth-order valence-electron chi connectivity index (χ4n) is 5.21. The lowest BCUT2D eigenvalue weighted by Crippen LogP contribution is -2.63. The molecule has 2 saturated heterocycles. The maximum absolute atomic E-state index is 13.2. The van der Waals surface area contributed by atoms with Crippen LogP contribution >= 0.6 is 0 Å². The van der Waals surface area contributed by atoms with Crippen LogP contribution < -0.4 is 10.2 Å². The lowest BCUT2D eigenvalue weighted by Gasteiger charge is -2.50. The van der Waals surface area contributed by atoms with E-state index in [0.29, 0.717) is 13.1 Å². The number of aromatic nitrogens is 3. The minimum absolute atomic E-state index is 0.00614. The highest BCUT2D eigenvalue weighted by Gasteiger charge is 2.50. The summed E-state index contributed by atoms with van der Waals surface area (Å²) in [6.45, 7) is 5.09. The standard InChI is InChI=1S/C21H27F3N6O/c1-20(19(31)28-10-5-14(6-11-28)21(22,23)24)12-29(13-20)18-15-2-7-25-8-3-16(15)27-17-4-9-26-30(17)18/h4,9,14,25H,2-3,5-8,10-13H2,1H3. The minimum atomic E-state index is -4.17. The first-order valence-electron chi connectivity index (χ1n) is 10.9. The highest BCUT2D eigenvalue weighted by molar-refractivity contribution is 5.86. The van der Waals surface area contributed by atoms with Gasteiger partial charge in [-0.2, -0.15) is 22.8 Å². The highest BCUT2D eigenvalue weighted by atomic mass is 19.4. The summed E-state index contributed by atoms with van der Waals surface area (Å²) < 4.78 is 40.7. The molecule has 0 atom stereocenters. The lowest BCUT2D eigenvalue weighted by molar-refractivity contribution is -0.187. The van der Waals surface area contributed by atoms with Crippen molar-refractivity contribution < 1.29 is 18.0 Å². The van der Waals surface area contributed by atoms with Gasteiger partial charge in [-0.15, -0.1) is 0 Å². The molecule has 10 heteroatoms. The van der Waals surface area contributed by atoms with Crippen LogP contribution in [-0.2, 0) is 17.6 Å². The number of carbonyl (C=O) groups is 1. The number of hydrogen-bond acceptors (Lipinski definition) is 5. The third-order valence-electron chi connectivity index (χ3n) is 6.92. The van der Waals surface area contributed by atoms with Gasteiger partial charge in [0.15, 0.2) is 5.65 Å². The normalized spacial score (nSPS) is 22.2. The van der Waals surface area contributed by atoms with Crippen LogP contribution in [0.25, 0.3) is 5.65 Å². The number of nitrogens with one attached hydrogen (secondary N) is 1. The van der Waals surface area contributed by atoms with Gasteiger partial charge >= 0.3 is 6.18 Å². The number of fused-ring (bicyclic) bond motifs is 2. The van der Waals surface area contributed by atoms with Crippen molar-refractivity contribution in [1.82, 2.24) is 24.8 Å². The molecule has 31 heavy (non-hydrogen) atoms. The Kier molecular flexibility index (Phi) is 4.87. The van der Waals surface area contributed by atoms with Crippen LogP contribution in [0.4, 0.5) is 19.0 Å². The molecule has 2 fully saturated rings. The molecule has 1 N–H and O–H groups in total. The van der Waals surface area contributed by atoms with Crippen LogP contribution in [0.2, 0.25) is 0 Å². The Balaban J connectivity index is 1.34. The SMILES string of the molecule is CC1(C(=O)N2CCC(C(F)(F)F)CC2)CN(c2c3c(nc4ccnn24)CCNCC3)C1. The molecular weight excluding hydrogens is 409 g/mol. The van der Waals surface area contributed by atoms with Crippen molar-refractivity contribution in [3.05, 3.63) is 23.5 Å². The number of amides is 1. The van der Waals surface area contributed by atoms with Crippen LogP contribution in [0.3, 0.4) is 0 Å². The van der Waals surface area contributed by atoms with Gasteiger partial charge in [-0.1, -0.05) is 0 Å². The number of anilines is 1. The number of piperidine rings is 1. The Bertz CT molecular complexity index is 989. The van der Waals surface area contributed by atoms with E-state index >= 15 is 0 Å². The maximum atomic E-state index is 13.2. The van der Waals surface area contributed by atoms with Crippen LogP contribution in [0.15, 0.2) is 12.3 Å². The number of likely N-dealkylation sites (tertiary alicyclic amines) is 1. The quantitative estimate of drug-likeness (QED) is 0.781. The third-order valence-corrected chi connectivity index (χ3v) is 6.92. The van der Waals surface area contributed by atoms with E-state index in [4.69, 9.17) is 4.98 Å². The maximum Gasteiger partial charge on any atom is 0.391 e. The molecule has 2 aromatic heterocycles. The van der Waals surface area contributed by atoms with E-state index in [0.717, 1.165) is 43.1 Å². The van der Waals surface area contributed by atoms with Crippen molar-refractivity contribution in [2.24, 2.45) is 11.3 Å². The van der Waals surface area contributed by atoms with Gasteiger partial charge in [0.25, 0.3) is 0 Å². The molecule has 0 saturated carbocycles. The summed E-state index contributed by atoms with van der Waals surface area (Å²) in [6, 6.07) is 1.89. The summed E-state index contributed by atoms with van der Waals surface area (Å²) >= 11 is 0. The zero-order valence-corrected chi connectivity index (χ0v) is 17.6. The Labute approximate surface area is 178 Å². The van der Waals surface area contributed by atoms with Crippen molar-refractivity contribution >= 4 is 17.4 Å². The monoisotopic (exact) mass is 436 g/mol. The molecule has 0 unspecified atom stereocenters. The molecule has 0 bridgehead atoms. The molecule has 0 aromatic carbocycles. The molecule has 3 aliphatic rings. The summed E-state index contributed by atoms with van der Waals surface area (Å²) in [7, 11) is 0. The molecule has 0 radical (unpaired) electrons. The Morgan fingerprint density at radius 2 is 1.90 bits per heavy atom. The van der Waals surface area contributed by atoms with Gasteiger partial charge in [0.05, 0.1) is 23.2 Å². The molecule has 168 valence electrons. The van der Waals surface area contributed by atoms with Crippen molar-refractivity contribution in [1.29, 1.82) is 0 Å². The lowest BCUT2D eigenvalue weighted by atomic mass is 9.79. The average Bonchev–Trinajstić information content (AvgIpc) is 3.05. The Morgan fingerprint density at radius 1 is 1.19 bits per heavy atom. The van der Waals surface area contributed by atoms with E-state index in [1.54, 1.807) is 11.1 Å². The first kappa shape index (κ1) is 20.5. The average molecular weight is 436 g/mol. The van der Waals surface area contributed by atoms with Crippen molar-refractivity contribution in [3.8, 4) is 0 Å². The molecule has 3 aliphatic heterocycles. The van der Waals surface area contributed by atoms with E-state index in [1.807, 2.05) is 17.5 Å². The van der Waals surface area contributed by atoms with Crippen molar-refractivity contribution in [2.75, 3.05) is 44.2 Å². The van der Waals surface area contributed by atoms with Gasteiger partial charge in [0.1, 0.15) is 5.82 Å². The van der Waals surface area contributed by atoms with E-state index in [2.05, 4.69) is 15.3 Å². The van der Waals surface area contributed by atoms with E-state index in [9.17, 15) is 18.0 Å². The second kappa shape index (κ2) is 7.36. The first-order valence-corrected chi connectivity index (χ1v) is 10.9. The molecule has 0 aliphatic carbocycles. The Morgan fingerprint density at radius 3 is 2.61 bits per heavy atom. The second-order valence-electron chi connectivity index (χ2n) is 9.24. The summed E-state index contributed by atoms with van der Waals surface area (Å²) in [6.07, 6.45) is -0.753. The number of rotatable bonds is 2. The van der Waals surface area contributed by atoms with Crippen molar-refractivity contribution in [2.45, 2.75) is 38.8 Å². The zero-order chi connectivity index (χ0) is 21.8. The summed E-state index contributed by atoms with van der Waals surface area (Å²) in [5.74, 6) is -0.339. The summed E-state index contributed by atoms with van der Waals surface area (Å²) in [4.78, 5) is 21.7. The van der Waals surface area contributed by atoms with Gasteiger partial charge in [-0.25, -0.2) is 4.98 Å². The molecule has 1 amide bonds. The van der Waals surface area contributed by atoms with Crippen LogP contribution in [0.5, 0.6) is 0 Å². The van der Waals surface area contributed by atoms with Crippen LogP contribution in [0, 0.1) is 11.3 Å². The molecular formula is C21H27F3N6O. The van der Waals surface area contributed by atoms with Crippen molar-refractivity contribution in [3.63, 3.8) is 0 Å². The molecule has 5 rings (SSSR count). The predicted octanol–water partition coefficient (Wildman–Crippen LogP) is 2.04. The first-order chi connectivity index (χ1) is 14.8. The van der Waals surface area contributed by atoms with E-state index in [-0.39, 0.29) is 31.8 Å². The fraction of sp³-hybridized carbons (Fsp3) is 0.667.